The zero-order valence-electron chi connectivity index (χ0n) is 10.0. The highest BCUT2D eigenvalue weighted by atomic mass is 16.5. The highest BCUT2D eigenvalue weighted by Gasteiger charge is 2.16. The van der Waals surface area contributed by atoms with Crippen LogP contribution in [0.5, 0.6) is 5.75 Å². The molecule has 0 bridgehead atoms. The van der Waals surface area contributed by atoms with E-state index in [0.29, 0.717) is 12.3 Å². The molecule has 1 aromatic carbocycles. The first-order valence-electron chi connectivity index (χ1n) is 6.35. The van der Waals surface area contributed by atoms with Gasteiger partial charge < -0.3 is 10.1 Å². The van der Waals surface area contributed by atoms with Gasteiger partial charge in [-0.25, -0.2) is 4.79 Å². The fraction of sp³-hybridized carbons (Fsp3) is 0.500. The molecule has 3 nitrogen and oxygen atoms in total. The molecule has 3 heteroatoms. The van der Waals surface area contributed by atoms with Crippen molar-refractivity contribution in [3.63, 3.8) is 0 Å². The van der Waals surface area contributed by atoms with Crippen molar-refractivity contribution in [1.82, 2.24) is 5.32 Å². The molecule has 0 atom stereocenters. The molecule has 1 amide bonds. The van der Waals surface area contributed by atoms with Crippen molar-refractivity contribution in [2.75, 3.05) is 6.54 Å². The van der Waals surface area contributed by atoms with Gasteiger partial charge in [-0.2, -0.15) is 0 Å². The fourth-order valence-electron chi connectivity index (χ4n) is 1.99. The van der Waals surface area contributed by atoms with Crippen LogP contribution in [0.4, 0.5) is 4.79 Å². The topological polar surface area (TPSA) is 38.3 Å². The average molecular weight is 233 g/mol. The van der Waals surface area contributed by atoms with Crippen LogP contribution < -0.4 is 10.1 Å². The first-order valence-corrected chi connectivity index (χ1v) is 6.35. The van der Waals surface area contributed by atoms with E-state index < -0.39 is 0 Å². The molecule has 0 unspecified atom stereocenters. The van der Waals surface area contributed by atoms with Gasteiger partial charge in [0.05, 0.1) is 0 Å². The van der Waals surface area contributed by atoms with Crippen LogP contribution >= 0.6 is 0 Å². The van der Waals surface area contributed by atoms with Crippen LogP contribution in [0.1, 0.15) is 32.1 Å². The van der Waals surface area contributed by atoms with Gasteiger partial charge in [0.1, 0.15) is 5.75 Å². The largest absolute Gasteiger partial charge is 0.412 e. The highest BCUT2D eigenvalue weighted by Crippen LogP contribution is 2.30. The monoisotopic (exact) mass is 233 g/mol. The molecule has 1 N–H and O–H groups in total. The van der Waals surface area contributed by atoms with Crippen molar-refractivity contribution in [2.45, 2.75) is 32.1 Å². The molecule has 1 aromatic rings. The molecule has 1 aliphatic carbocycles. The number of carbonyl (C=O) groups excluding carboxylic acids is 1. The smallest absolute Gasteiger partial charge is 0.410 e. The van der Waals surface area contributed by atoms with E-state index >= 15 is 0 Å². The third-order valence-corrected chi connectivity index (χ3v) is 3.24. The zero-order chi connectivity index (χ0) is 11.9. The molecular weight excluding hydrogens is 214 g/mol. The Morgan fingerprint density at radius 3 is 2.71 bits per heavy atom. The summed E-state index contributed by atoms with van der Waals surface area (Å²) < 4.78 is 5.11. The van der Waals surface area contributed by atoms with Gasteiger partial charge in [0.15, 0.2) is 0 Å². The second-order valence-electron chi connectivity index (χ2n) is 4.57. The number of nitrogens with one attached hydrogen (secondary N) is 1. The minimum absolute atomic E-state index is 0.357. The zero-order valence-corrected chi connectivity index (χ0v) is 10.0. The number of hydrogen-bond donors (Lipinski definition) is 1. The Labute approximate surface area is 102 Å². The molecule has 1 aliphatic rings. The van der Waals surface area contributed by atoms with Crippen LogP contribution in [0.3, 0.4) is 0 Å². The lowest BCUT2D eigenvalue weighted by Gasteiger charge is -2.24. The number of benzene rings is 1. The summed E-state index contributed by atoms with van der Waals surface area (Å²) >= 11 is 0. The van der Waals surface area contributed by atoms with E-state index in [2.05, 4.69) is 5.32 Å². The van der Waals surface area contributed by atoms with E-state index in [1.54, 1.807) is 12.1 Å². The SMILES string of the molecule is O=C(NCCCC1CCC1)Oc1ccccc1. The van der Waals surface area contributed by atoms with Gasteiger partial charge in [0.2, 0.25) is 0 Å². The summed E-state index contributed by atoms with van der Waals surface area (Å²) in [5.41, 5.74) is 0. The van der Waals surface area contributed by atoms with Crippen LogP contribution in [-0.4, -0.2) is 12.6 Å². The predicted molar refractivity (Wildman–Crippen MR) is 67.0 cm³/mol. The predicted octanol–water partition coefficient (Wildman–Crippen LogP) is 3.36. The molecule has 0 saturated heterocycles. The Hall–Kier alpha value is -1.51. The summed E-state index contributed by atoms with van der Waals surface area (Å²) in [5.74, 6) is 1.49. The van der Waals surface area contributed by atoms with Crippen LogP contribution in [0.25, 0.3) is 0 Å². The molecule has 0 radical (unpaired) electrons. The third kappa shape index (κ3) is 4.10. The molecule has 0 aromatic heterocycles. The number of hydrogen-bond acceptors (Lipinski definition) is 2. The van der Waals surface area contributed by atoms with Gasteiger partial charge in [0, 0.05) is 6.54 Å². The van der Waals surface area contributed by atoms with Crippen molar-refractivity contribution < 1.29 is 9.53 Å². The summed E-state index contributed by atoms with van der Waals surface area (Å²) in [6, 6.07) is 9.13. The highest BCUT2D eigenvalue weighted by molar-refractivity contribution is 5.70. The second-order valence-corrected chi connectivity index (χ2v) is 4.57. The van der Waals surface area contributed by atoms with E-state index in [4.69, 9.17) is 4.74 Å². The van der Waals surface area contributed by atoms with E-state index in [-0.39, 0.29) is 6.09 Å². The standard InChI is InChI=1S/C14H19NO2/c16-14(17-13-9-2-1-3-10-13)15-11-5-8-12-6-4-7-12/h1-3,9-10,12H,4-8,11H2,(H,15,16). The van der Waals surface area contributed by atoms with Gasteiger partial charge >= 0.3 is 6.09 Å². The minimum atomic E-state index is -0.357. The summed E-state index contributed by atoms with van der Waals surface area (Å²) in [7, 11) is 0. The maximum atomic E-state index is 11.4. The fourth-order valence-corrected chi connectivity index (χ4v) is 1.99. The minimum Gasteiger partial charge on any atom is -0.410 e. The number of carbonyl (C=O) groups is 1. The first kappa shape index (κ1) is 12.0. The van der Waals surface area contributed by atoms with Crippen molar-refractivity contribution in [3.8, 4) is 5.75 Å². The van der Waals surface area contributed by atoms with Gasteiger partial charge in [-0.3, -0.25) is 0 Å². The number of para-hydroxylation sites is 1. The van der Waals surface area contributed by atoms with Crippen LogP contribution in [-0.2, 0) is 0 Å². The molecule has 92 valence electrons. The van der Waals surface area contributed by atoms with Gasteiger partial charge in [0.25, 0.3) is 0 Å². The molecule has 0 spiro atoms. The molecule has 0 heterocycles. The molecule has 0 aliphatic heterocycles. The summed E-state index contributed by atoms with van der Waals surface area (Å²) in [5, 5.41) is 2.77. The Morgan fingerprint density at radius 2 is 2.06 bits per heavy atom. The average Bonchev–Trinajstić information content (AvgIpc) is 2.27. The van der Waals surface area contributed by atoms with Crippen LogP contribution in [0.2, 0.25) is 0 Å². The number of rotatable bonds is 5. The number of amides is 1. The van der Waals surface area contributed by atoms with Crippen molar-refractivity contribution in [3.05, 3.63) is 30.3 Å². The lowest BCUT2D eigenvalue weighted by atomic mass is 9.82. The van der Waals surface area contributed by atoms with Crippen LogP contribution in [0, 0.1) is 5.92 Å². The van der Waals surface area contributed by atoms with Gasteiger partial charge in [-0.15, -0.1) is 0 Å². The Bertz CT molecular complexity index is 346. The summed E-state index contributed by atoms with van der Waals surface area (Å²) in [4.78, 5) is 11.4. The van der Waals surface area contributed by atoms with E-state index in [1.165, 1.54) is 25.7 Å². The Balaban J connectivity index is 1.57. The summed E-state index contributed by atoms with van der Waals surface area (Å²) in [6.45, 7) is 0.710. The maximum Gasteiger partial charge on any atom is 0.412 e. The normalized spacial score (nSPS) is 15.1. The quantitative estimate of drug-likeness (QED) is 0.792. The van der Waals surface area contributed by atoms with Crippen molar-refractivity contribution in [1.29, 1.82) is 0 Å². The maximum absolute atomic E-state index is 11.4. The Kier molecular flexibility index (Phi) is 4.42. The lowest BCUT2D eigenvalue weighted by molar-refractivity contribution is 0.199. The first-order chi connectivity index (χ1) is 8.34. The third-order valence-electron chi connectivity index (χ3n) is 3.24. The van der Waals surface area contributed by atoms with Crippen molar-refractivity contribution in [2.24, 2.45) is 5.92 Å². The summed E-state index contributed by atoms with van der Waals surface area (Å²) in [6.07, 6.45) is 6.04. The molecular formula is C14H19NO2. The van der Waals surface area contributed by atoms with Gasteiger partial charge in [-0.1, -0.05) is 37.5 Å². The Morgan fingerprint density at radius 1 is 1.29 bits per heavy atom. The lowest BCUT2D eigenvalue weighted by Crippen LogP contribution is -2.28. The molecule has 2 rings (SSSR count). The van der Waals surface area contributed by atoms with Gasteiger partial charge in [-0.05, 0) is 30.9 Å². The second kappa shape index (κ2) is 6.28. The van der Waals surface area contributed by atoms with E-state index in [9.17, 15) is 4.79 Å². The molecule has 1 fully saturated rings. The van der Waals surface area contributed by atoms with Crippen molar-refractivity contribution >= 4 is 6.09 Å². The van der Waals surface area contributed by atoms with E-state index in [0.717, 1.165) is 12.3 Å². The van der Waals surface area contributed by atoms with E-state index in [1.807, 2.05) is 18.2 Å². The molecule has 1 saturated carbocycles. The molecule has 17 heavy (non-hydrogen) atoms. The number of ether oxygens (including phenoxy) is 1. The van der Waals surface area contributed by atoms with Crippen LogP contribution in [0.15, 0.2) is 30.3 Å².